The molecule has 0 bridgehead atoms. The van der Waals surface area contributed by atoms with Gasteiger partial charge in [0.1, 0.15) is 42.9 Å². The number of carbonyl (C=O) groups excluding carboxylic acids is 11. The molecule has 130 heavy (non-hydrogen) atoms. The van der Waals surface area contributed by atoms with Crippen LogP contribution in [0.5, 0.6) is 0 Å². The summed E-state index contributed by atoms with van der Waals surface area (Å²) in [5, 5.41) is 82.5. The summed E-state index contributed by atoms with van der Waals surface area (Å²) in [6.45, 7) is 16.5. The van der Waals surface area contributed by atoms with E-state index in [2.05, 4.69) is 88.9 Å². The van der Waals surface area contributed by atoms with Gasteiger partial charge in [-0.1, -0.05) is 66.7 Å². The van der Waals surface area contributed by atoms with Crippen LogP contribution in [0.3, 0.4) is 0 Å². The van der Waals surface area contributed by atoms with Crippen LogP contribution < -0.4 is 64.6 Å². The molecule has 11 amide bonds. The molecule has 5 aliphatic rings. The molecule has 8 rings (SSSR count). The Bertz CT molecular complexity index is 4230. The number of para-hydroxylation sites is 1. The first-order chi connectivity index (χ1) is 61.8. The van der Waals surface area contributed by atoms with E-state index >= 15 is 0 Å². The lowest BCUT2D eigenvalue weighted by Crippen LogP contribution is -2.63. The predicted molar refractivity (Wildman–Crippen MR) is 483 cm³/mol. The maximum atomic E-state index is 14.7. The molecule has 3 aromatic rings. The number of aliphatic hydroxyl groups excluding tert-OH is 2. The van der Waals surface area contributed by atoms with Crippen LogP contribution in [0.1, 0.15) is 150 Å². The van der Waals surface area contributed by atoms with Crippen molar-refractivity contribution in [2.45, 2.75) is 212 Å². The second-order valence-electron chi connectivity index (χ2n) is 37.2. The molecular formula is C89H143N19O21S. The number of amides is 11. The second-order valence-corrected chi connectivity index (χ2v) is 38.2. The number of nitrogens with two attached hydrogens (primary N) is 2. The van der Waals surface area contributed by atoms with Gasteiger partial charge >= 0.3 is 17.9 Å². The third kappa shape index (κ3) is 31.9. The zero-order valence-corrected chi connectivity index (χ0v) is 77.6. The maximum absolute atomic E-state index is 14.7. The Balaban J connectivity index is 0.788. The molecule has 4 aliphatic carbocycles. The summed E-state index contributed by atoms with van der Waals surface area (Å²) in [4.78, 5) is 202. The van der Waals surface area contributed by atoms with Crippen molar-refractivity contribution in [1.82, 2.24) is 87.7 Å². The predicted octanol–water partition coefficient (Wildman–Crippen LogP) is -0.988. The molecule has 0 unspecified atom stereocenters. The molecule has 21 N–H and O–H groups in total. The van der Waals surface area contributed by atoms with Crippen molar-refractivity contribution in [3.63, 3.8) is 0 Å². The highest BCUT2D eigenvalue weighted by atomic mass is 32.2. The number of carbonyl (C=O) groups is 14. The lowest BCUT2D eigenvalue weighted by atomic mass is 9.43. The average Bonchev–Trinajstić information content (AvgIpc) is 1.54. The number of thioether (sulfide) groups is 1. The van der Waals surface area contributed by atoms with E-state index in [0.717, 1.165) is 36.6 Å². The standard InChI is InChI=1S/C89H143N19O21S/c1-52(2)37-67(85(125)101-65(81(91)121)21-36-130-9)102-86(126)69(41-59-44-92-51-97-59)100-73(112)45-96-87(127)80(53(3)4)104-82(122)55(6)98-84(124)68(38-56-43-95-64-15-11-10-14-60(56)64)103-83(123)66(18-19-72(90)111)93-23-12-13-54(5)61-16-17-62-79-63(42-71(110)89(61,62)8)88(7)22-20-58(39-57(88)40-70(79)109)99-75(114)50-129-35-34-128-33-24-94-74(113)46-105-25-27-106(47-76(115)116)29-31-108(49-78(119)120)32-30-107(28-26-105)48-77(117)118/h10-11,14-15,43-44,51-55,57-58,61-63,65-71,79-80,93,95,109-110H,12-13,16-42,45-50H2,1-9H3,(H2,90,111)(H2,91,121)(H,92,97)(H,94,113)(H,96,127)(H,98,124)(H,99,114)(H,100,112)(H,101,125)(H,102,126)(H,103,123)(H,104,122)(H,115,116)(H,117,118)(H,119,120)/t54-,55+,57+,58+,61-,62+,63+,65+,66+,67+,68+,69+,70-,71+,79+,80+,88+,89-/m1/s1. The van der Waals surface area contributed by atoms with E-state index in [9.17, 15) is 92.7 Å². The van der Waals surface area contributed by atoms with E-state index in [1.807, 2.05) is 49.3 Å². The summed E-state index contributed by atoms with van der Waals surface area (Å²) >= 11 is 1.46. The van der Waals surface area contributed by atoms with Gasteiger partial charge in [-0.25, -0.2) is 4.98 Å². The van der Waals surface area contributed by atoms with Crippen LogP contribution in [0.2, 0.25) is 0 Å². The van der Waals surface area contributed by atoms with Crippen LogP contribution in [0.15, 0.2) is 43.0 Å². The van der Waals surface area contributed by atoms with Gasteiger partial charge in [-0.2, -0.15) is 11.8 Å². The lowest BCUT2D eigenvalue weighted by molar-refractivity contribution is -0.202. The van der Waals surface area contributed by atoms with E-state index in [1.54, 1.807) is 34.7 Å². The van der Waals surface area contributed by atoms with Gasteiger partial charge in [0.05, 0.1) is 77.1 Å². The highest BCUT2D eigenvalue weighted by Gasteiger charge is 2.66. The van der Waals surface area contributed by atoms with E-state index in [0.29, 0.717) is 68.7 Å². The Labute approximate surface area is 764 Å². The number of primary amides is 2. The first kappa shape index (κ1) is 106. The minimum atomic E-state index is -1.30. The molecule has 0 spiro atoms. The number of aliphatic hydroxyl groups is 2. The third-order valence-electron chi connectivity index (χ3n) is 27.1. The minimum absolute atomic E-state index is 0.00965. The van der Waals surface area contributed by atoms with E-state index in [-0.39, 0.29) is 202 Å². The zero-order valence-electron chi connectivity index (χ0n) is 76.7. The van der Waals surface area contributed by atoms with Crippen LogP contribution >= 0.6 is 11.8 Å². The van der Waals surface area contributed by atoms with E-state index in [1.165, 1.54) is 31.2 Å². The monoisotopic (exact) mass is 1850 g/mol. The zero-order chi connectivity index (χ0) is 95.1. The molecule has 726 valence electrons. The van der Waals surface area contributed by atoms with Gasteiger partial charge < -0.3 is 110 Å². The molecule has 2 aromatic heterocycles. The Kier molecular flexibility index (Phi) is 42.0. The van der Waals surface area contributed by atoms with Gasteiger partial charge in [0.2, 0.25) is 65.0 Å². The van der Waals surface area contributed by atoms with Gasteiger partial charge in [0.25, 0.3) is 0 Å². The number of rotatable bonds is 51. The number of nitrogens with zero attached hydrogens (tertiary/aromatic N) is 5. The number of fused-ring (bicyclic) bond motifs is 6. The SMILES string of the molecule is CSCC[C@H](NC(=O)[C@H](CC(C)C)NC(=O)[C@H](Cc1cnc[nH]1)NC(=O)CNC(=O)[C@@H](NC(=O)[C@H](C)NC(=O)[C@H](Cc1c[nH]c2ccccc12)NC(=O)[C@H](CCC(N)=O)NCCC[C@@H](C)[C@H]1CC[C@H]2[C@@H]3[C@H](O)C[C@@H]4C[C@@H](NC(=O)COCCOCCNC(=O)CN5CCN(CC(=O)O)CCN(CC(=O)O)CCN(CC(=O)O)CC5)CC[C@]4(C)[C@H]3C[C@H](O)[C@]12C)C(C)C)C(N)=O. The second kappa shape index (κ2) is 51.5. The van der Waals surface area contributed by atoms with Crippen LogP contribution in [-0.2, 0) is 89.4 Å². The maximum Gasteiger partial charge on any atom is 0.317 e. The number of imidazole rings is 1. The third-order valence-corrected chi connectivity index (χ3v) is 27.7. The number of aromatic amines is 2. The summed E-state index contributed by atoms with van der Waals surface area (Å²) < 4.78 is 11.4. The fourth-order valence-electron chi connectivity index (χ4n) is 20.1. The Morgan fingerprint density at radius 3 is 1.81 bits per heavy atom. The minimum Gasteiger partial charge on any atom is -0.480 e. The number of ether oxygens (including phenoxy) is 2. The van der Waals surface area contributed by atoms with Crippen molar-refractivity contribution in [2.75, 3.05) is 137 Å². The number of carboxylic acids is 3. The van der Waals surface area contributed by atoms with Crippen LogP contribution in [0, 0.1) is 58.2 Å². The molecule has 1 aromatic carbocycles. The number of nitrogens with one attached hydrogen (secondary N) is 12. The molecule has 1 aliphatic heterocycles. The number of aliphatic carboxylic acids is 3. The number of carboxylic acid groups (broad SMARTS) is 3. The number of aromatic nitrogens is 3. The van der Waals surface area contributed by atoms with Crippen LogP contribution in [0.25, 0.3) is 10.9 Å². The summed E-state index contributed by atoms with van der Waals surface area (Å²) in [5.41, 5.74) is 12.5. The van der Waals surface area contributed by atoms with E-state index in [4.69, 9.17) is 20.9 Å². The highest BCUT2D eigenvalue weighted by molar-refractivity contribution is 7.98. The van der Waals surface area contributed by atoms with Crippen LogP contribution in [0.4, 0.5) is 0 Å². The molecule has 5 fully saturated rings. The summed E-state index contributed by atoms with van der Waals surface area (Å²) in [6, 6.07) is -0.984. The fraction of sp³-hybridized carbons (Fsp3) is 0.719. The molecule has 41 heteroatoms. The molecular weight excluding hydrogens is 1700 g/mol. The average molecular weight is 1850 g/mol. The van der Waals surface area contributed by atoms with Crippen molar-refractivity contribution < 1.29 is 102 Å². The van der Waals surface area contributed by atoms with Crippen LogP contribution in [-0.4, -0.2) is 340 Å². The topological polar surface area (TPSA) is 588 Å². The Hall–Kier alpha value is -9.46. The molecule has 4 saturated carbocycles. The van der Waals surface area contributed by atoms with Crippen molar-refractivity contribution >= 4 is 106 Å². The molecule has 0 radical (unpaired) electrons. The Morgan fingerprint density at radius 1 is 0.600 bits per heavy atom. The number of hydrogen-bond acceptors (Lipinski definition) is 25. The van der Waals surface area contributed by atoms with Gasteiger partial charge in [-0.05, 0) is 172 Å². The number of hydrogen-bond donors (Lipinski definition) is 19. The lowest BCUT2D eigenvalue weighted by Gasteiger charge is -2.63. The summed E-state index contributed by atoms with van der Waals surface area (Å²) in [6.07, 6.45) is 11.6. The summed E-state index contributed by atoms with van der Waals surface area (Å²) in [7, 11) is 0. The largest absolute Gasteiger partial charge is 0.480 e. The first-order valence-electron chi connectivity index (χ1n) is 45.8. The molecule has 18 atom stereocenters. The highest BCUT2D eigenvalue weighted by Crippen LogP contribution is 2.68. The quantitative estimate of drug-likeness (QED) is 0.0302. The number of benzene rings is 1. The van der Waals surface area contributed by atoms with Gasteiger partial charge in [-0.3, -0.25) is 86.7 Å². The van der Waals surface area contributed by atoms with Gasteiger partial charge in [-0.15, -0.1) is 0 Å². The van der Waals surface area contributed by atoms with E-state index < -0.39 is 143 Å². The smallest absolute Gasteiger partial charge is 0.317 e. The summed E-state index contributed by atoms with van der Waals surface area (Å²) in [5.74, 6) is -9.90. The van der Waals surface area contributed by atoms with Gasteiger partial charge in [0.15, 0.2) is 0 Å². The van der Waals surface area contributed by atoms with Crippen molar-refractivity contribution in [3.05, 3.63) is 54.2 Å². The normalized spacial score (nSPS) is 24.2. The van der Waals surface area contributed by atoms with Crippen molar-refractivity contribution in [1.29, 1.82) is 0 Å². The molecule has 1 saturated heterocycles. The Morgan fingerprint density at radius 2 is 1.20 bits per heavy atom. The fourth-order valence-corrected chi connectivity index (χ4v) is 20.5. The van der Waals surface area contributed by atoms with Crippen molar-refractivity contribution in [2.24, 2.45) is 69.6 Å². The van der Waals surface area contributed by atoms with Gasteiger partial charge in [0, 0.05) is 113 Å². The van der Waals surface area contributed by atoms with Crippen molar-refractivity contribution in [3.8, 4) is 0 Å². The molecule has 3 heterocycles. The molecule has 40 nitrogen and oxygen atoms in total. The first-order valence-corrected chi connectivity index (χ1v) is 47.2. The number of H-pyrrole nitrogens is 2.